The van der Waals surface area contributed by atoms with Crippen molar-refractivity contribution in [3.63, 3.8) is 0 Å². The van der Waals surface area contributed by atoms with E-state index in [0.717, 1.165) is 40.1 Å². The fourth-order valence-electron chi connectivity index (χ4n) is 3.27. The molecular weight excluding hydrogens is 501 g/mol. The van der Waals surface area contributed by atoms with Gasteiger partial charge in [0.25, 0.3) is 0 Å². The van der Waals surface area contributed by atoms with Crippen LogP contribution in [0.15, 0.2) is 78.0 Å². The number of aromatic amines is 2. The predicted molar refractivity (Wildman–Crippen MR) is 135 cm³/mol. The fourth-order valence-corrected chi connectivity index (χ4v) is 3.27. The van der Waals surface area contributed by atoms with Crippen molar-refractivity contribution < 1.29 is 0 Å². The van der Waals surface area contributed by atoms with Crippen LogP contribution >= 0.6 is 24.0 Å². The summed E-state index contributed by atoms with van der Waals surface area (Å²) in [6.07, 6.45) is 3.72. The second-order valence-corrected chi connectivity index (χ2v) is 6.98. The van der Waals surface area contributed by atoms with Gasteiger partial charge in [0.15, 0.2) is 5.96 Å². The Balaban J connectivity index is 0.00000272. The van der Waals surface area contributed by atoms with Crippen LogP contribution in [0.5, 0.6) is 0 Å². The van der Waals surface area contributed by atoms with E-state index in [9.17, 15) is 0 Å². The highest BCUT2D eigenvalue weighted by atomic mass is 127. The van der Waals surface area contributed by atoms with E-state index in [4.69, 9.17) is 0 Å². The Morgan fingerprint density at radius 3 is 1.94 bits per heavy atom. The third kappa shape index (κ3) is 5.72. The lowest BCUT2D eigenvalue weighted by molar-refractivity contribution is 0.463. The number of H-pyrrole nitrogens is 2. The van der Waals surface area contributed by atoms with Gasteiger partial charge in [-0.05, 0) is 11.1 Å². The van der Waals surface area contributed by atoms with Gasteiger partial charge in [0.1, 0.15) is 11.6 Å². The summed E-state index contributed by atoms with van der Waals surface area (Å²) in [7, 11) is 3.76. The van der Waals surface area contributed by atoms with E-state index < -0.39 is 0 Å². The first-order valence-electron chi connectivity index (χ1n) is 9.83. The third-order valence-electron chi connectivity index (χ3n) is 4.80. The van der Waals surface area contributed by atoms with Crippen LogP contribution in [0.1, 0.15) is 11.6 Å². The summed E-state index contributed by atoms with van der Waals surface area (Å²) in [6, 6.07) is 20.3. The number of imidazole rings is 2. The molecule has 0 atom stereocenters. The zero-order valence-corrected chi connectivity index (χ0v) is 19.9. The van der Waals surface area contributed by atoms with E-state index >= 15 is 0 Å². The Labute approximate surface area is 199 Å². The first kappa shape index (κ1) is 22.5. The second-order valence-electron chi connectivity index (χ2n) is 6.98. The molecule has 2 aromatic heterocycles. The Kier molecular flexibility index (Phi) is 7.82. The normalized spacial score (nSPS) is 11.1. The smallest absolute Gasteiger partial charge is 0.194 e. The molecule has 0 radical (unpaired) electrons. The summed E-state index contributed by atoms with van der Waals surface area (Å²) >= 11 is 0. The number of aliphatic imine (C=N–C) groups is 1. The largest absolute Gasteiger partial charge is 0.349 e. The average Bonchev–Trinajstić information content (AvgIpc) is 3.45. The van der Waals surface area contributed by atoms with E-state index in [2.05, 4.69) is 54.5 Å². The summed E-state index contributed by atoms with van der Waals surface area (Å²) in [4.78, 5) is 22.1. The first-order chi connectivity index (χ1) is 14.7. The highest BCUT2D eigenvalue weighted by Crippen LogP contribution is 2.17. The van der Waals surface area contributed by atoms with E-state index in [0.29, 0.717) is 13.1 Å². The van der Waals surface area contributed by atoms with Gasteiger partial charge in [0.05, 0.1) is 36.9 Å². The van der Waals surface area contributed by atoms with Gasteiger partial charge in [-0.3, -0.25) is 4.99 Å². The molecule has 4 rings (SSSR count). The molecule has 7 nitrogen and oxygen atoms in total. The predicted octanol–water partition coefficient (Wildman–Crippen LogP) is 4.29. The van der Waals surface area contributed by atoms with Crippen LogP contribution < -0.4 is 5.32 Å². The van der Waals surface area contributed by atoms with Crippen molar-refractivity contribution in [2.45, 2.75) is 13.1 Å². The Morgan fingerprint density at radius 1 is 0.871 bits per heavy atom. The number of guanidine groups is 1. The van der Waals surface area contributed by atoms with Gasteiger partial charge in [-0.1, -0.05) is 60.7 Å². The zero-order chi connectivity index (χ0) is 20.8. The summed E-state index contributed by atoms with van der Waals surface area (Å²) in [6.45, 7) is 1.16. The summed E-state index contributed by atoms with van der Waals surface area (Å²) in [5.41, 5.74) is 4.24. The van der Waals surface area contributed by atoms with Crippen molar-refractivity contribution in [3.8, 4) is 22.5 Å². The molecule has 0 aliphatic carbocycles. The van der Waals surface area contributed by atoms with Gasteiger partial charge >= 0.3 is 0 Å². The maximum absolute atomic E-state index is 4.51. The summed E-state index contributed by atoms with van der Waals surface area (Å²) in [5.74, 6) is 2.50. The van der Waals surface area contributed by atoms with E-state index in [1.165, 1.54) is 0 Å². The minimum atomic E-state index is 0. The topological polar surface area (TPSA) is 85.0 Å². The number of hydrogen-bond donors (Lipinski definition) is 3. The molecule has 0 fully saturated rings. The second kappa shape index (κ2) is 10.8. The quantitative estimate of drug-likeness (QED) is 0.199. The molecule has 0 aliphatic rings. The molecule has 4 aromatic rings. The van der Waals surface area contributed by atoms with Gasteiger partial charge in [0.2, 0.25) is 0 Å². The van der Waals surface area contributed by atoms with Gasteiger partial charge < -0.3 is 20.2 Å². The lowest BCUT2D eigenvalue weighted by atomic mass is 10.2. The van der Waals surface area contributed by atoms with Crippen LogP contribution in [0.3, 0.4) is 0 Å². The van der Waals surface area contributed by atoms with Crippen LogP contribution in [0.4, 0.5) is 0 Å². The molecule has 0 amide bonds. The maximum Gasteiger partial charge on any atom is 0.194 e. The van der Waals surface area contributed by atoms with E-state index in [1.807, 2.05) is 60.7 Å². The summed E-state index contributed by atoms with van der Waals surface area (Å²) in [5, 5.41) is 3.35. The van der Waals surface area contributed by atoms with Crippen molar-refractivity contribution in [3.05, 3.63) is 84.7 Å². The van der Waals surface area contributed by atoms with E-state index in [-0.39, 0.29) is 24.0 Å². The first-order valence-corrected chi connectivity index (χ1v) is 9.83. The van der Waals surface area contributed by atoms with Crippen molar-refractivity contribution >= 4 is 29.9 Å². The maximum atomic E-state index is 4.51. The Morgan fingerprint density at radius 2 is 1.39 bits per heavy atom. The fraction of sp³-hybridized carbons (Fsp3) is 0.174. The lowest BCUT2D eigenvalue weighted by Crippen LogP contribution is -2.38. The molecule has 0 unspecified atom stereocenters. The van der Waals surface area contributed by atoms with Crippen LogP contribution in [-0.4, -0.2) is 44.9 Å². The monoisotopic (exact) mass is 527 g/mol. The highest BCUT2D eigenvalue weighted by Gasteiger charge is 2.11. The molecule has 160 valence electrons. The van der Waals surface area contributed by atoms with Crippen LogP contribution in [-0.2, 0) is 13.1 Å². The van der Waals surface area contributed by atoms with Gasteiger partial charge in [-0.2, -0.15) is 0 Å². The minimum Gasteiger partial charge on any atom is -0.349 e. The van der Waals surface area contributed by atoms with Crippen molar-refractivity contribution in [1.29, 1.82) is 0 Å². The molecule has 0 saturated carbocycles. The molecule has 0 bridgehead atoms. The number of nitrogens with one attached hydrogen (secondary N) is 3. The van der Waals surface area contributed by atoms with Gasteiger partial charge in [-0.15, -0.1) is 24.0 Å². The molecular formula is C23H26IN7. The van der Waals surface area contributed by atoms with Crippen LogP contribution in [0.25, 0.3) is 22.5 Å². The third-order valence-corrected chi connectivity index (χ3v) is 4.80. The molecule has 0 saturated heterocycles. The number of benzene rings is 2. The molecule has 3 N–H and O–H groups in total. The minimum absolute atomic E-state index is 0. The summed E-state index contributed by atoms with van der Waals surface area (Å²) < 4.78 is 0. The molecule has 2 heterocycles. The van der Waals surface area contributed by atoms with Crippen molar-refractivity contribution in [2.24, 2.45) is 4.99 Å². The van der Waals surface area contributed by atoms with Crippen LogP contribution in [0, 0.1) is 0 Å². The molecule has 0 spiro atoms. The van der Waals surface area contributed by atoms with Gasteiger partial charge in [0, 0.05) is 14.1 Å². The van der Waals surface area contributed by atoms with Gasteiger partial charge in [-0.25, -0.2) is 9.97 Å². The van der Waals surface area contributed by atoms with Crippen molar-refractivity contribution in [2.75, 3.05) is 14.1 Å². The number of halogens is 1. The molecule has 31 heavy (non-hydrogen) atoms. The van der Waals surface area contributed by atoms with E-state index in [1.54, 1.807) is 7.05 Å². The number of rotatable bonds is 6. The molecule has 0 aliphatic heterocycles. The SMILES string of the molecule is CN=C(NCc1ncc(-c2ccccc2)[nH]1)N(C)Cc1ncc(-c2ccccc2)[nH]1.I. The Bertz CT molecular complexity index is 1100. The highest BCUT2D eigenvalue weighted by molar-refractivity contribution is 14.0. The lowest BCUT2D eigenvalue weighted by Gasteiger charge is -2.20. The van der Waals surface area contributed by atoms with Crippen molar-refractivity contribution in [1.82, 2.24) is 30.2 Å². The number of nitrogens with zero attached hydrogens (tertiary/aromatic N) is 4. The Hall–Kier alpha value is -3.14. The molecule has 2 aromatic carbocycles. The number of aromatic nitrogens is 4. The molecule has 8 heteroatoms. The standard InChI is InChI=1S/C23H25N7.HI/c1-24-23(27-15-21-25-13-19(28-21)17-9-5-3-6-10-17)30(2)16-22-26-14-20(29-22)18-11-7-4-8-12-18;/h3-14H,15-16H2,1-2H3,(H,24,27)(H,25,28)(H,26,29);1H. The zero-order valence-electron chi connectivity index (χ0n) is 17.5. The number of hydrogen-bond acceptors (Lipinski definition) is 3. The average molecular weight is 527 g/mol. The van der Waals surface area contributed by atoms with Crippen LogP contribution in [0.2, 0.25) is 0 Å².